The van der Waals surface area contributed by atoms with E-state index >= 15 is 0 Å². The number of carbonyl (C=O) groups is 1. The summed E-state index contributed by atoms with van der Waals surface area (Å²) in [7, 11) is -2.00. The maximum Gasteiger partial charge on any atom is 0.331 e. The van der Waals surface area contributed by atoms with Gasteiger partial charge < -0.3 is 9.16 Å². The lowest BCUT2D eigenvalue weighted by atomic mass is 9.81. The molecule has 0 aliphatic heterocycles. The molecule has 0 radical (unpaired) electrons. The molecular formula is C22H40O3Si. The summed E-state index contributed by atoms with van der Waals surface area (Å²) in [5.41, 5.74) is -1.04. The van der Waals surface area contributed by atoms with Crippen LogP contribution < -0.4 is 0 Å². The number of hydrogen-bond donors (Lipinski definition) is 0. The quantitative estimate of drug-likeness (QED) is 0.255. The predicted octanol–water partition coefficient (Wildman–Crippen LogP) is 5.96. The van der Waals surface area contributed by atoms with E-state index in [1.54, 1.807) is 6.08 Å². The Morgan fingerprint density at radius 2 is 1.42 bits per heavy atom. The van der Waals surface area contributed by atoms with Gasteiger partial charge in [0.25, 0.3) is 0 Å². The van der Waals surface area contributed by atoms with Gasteiger partial charge in [-0.15, -0.1) is 0 Å². The molecule has 0 unspecified atom stereocenters. The lowest BCUT2D eigenvalue weighted by Gasteiger charge is -2.47. The highest BCUT2D eigenvalue weighted by atomic mass is 28.4. The van der Waals surface area contributed by atoms with Crippen LogP contribution in [-0.2, 0) is 14.0 Å². The molecule has 0 aromatic carbocycles. The summed E-state index contributed by atoms with van der Waals surface area (Å²) < 4.78 is 12.1. The molecular weight excluding hydrogens is 340 g/mol. The maximum absolute atomic E-state index is 11.8. The molecule has 0 saturated carbocycles. The van der Waals surface area contributed by atoms with E-state index in [0.29, 0.717) is 0 Å². The van der Waals surface area contributed by atoms with E-state index in [2.05, 4.69) is 73.4 Å². The summed E-state index contributed by atoms with van der Waals surface area (Å²) in [5, 5.41) is 0.107. The van der Waals surface area contributed by atoms with E-state index in [-0.39, 0.29) is 22.8 Å². The van der Waals surface area contributed by atoms with Crippen LogP contribution >= 0.6 is 0 Å². The second-order valence-electron chi connectivity index (χ2n) is 10.1. The second-order valence-corrected chi connectivity index (χ2v) is 14.8. The second kappa shape index (κ2) is 8.76. The van der Waals surface area contributed by atoms with Gasteiger partial charge in [-0.3, -0.25) is 0 Å². The van der Waals surface area contributed by atoms with Crippen molar-refractivity contribution in [3.63, 3.8) is 0 Å². The van der Waals surface area contributed by atoms with Crippen molar-refractivity contribution < 1.29 is 14.0 Å². The molecule has 0 amide bonds. The van der Waals surface area contributed by atoms with Crippen molar-refractivity contribution >= 4 is 14.3 Å². The molecule has 0 atom stereocenters. The number of esters is 1. The van der Waals surface area contributed by atoms with Crippen LogP contribution in [0.4, 0.5) is 0 Å². The highest BCUT2D eigenvalue weighted by Gasteiger charge is 2.47. The van der Waals surface area contributed by atoms with Gasteiger partial charge in [-0.25, -0.2) is 4.79 Å². The zero-order valence-electron chi connectivity index (χ0n) is 19.0. The normalized spacial score (nSPS) is 13.9. The summed E-state index contributed by atoms with van der Waals surface area (Å²) in [6.07, 6.45) is 2.96. The Morgan fingerprint density at radius 1 is 0.962 bits per heavy atom. The van der Waals surface area contributed by atoms with E-state index in [9.17, 15) is 4.79 Å². The Balaban J connectivity index is 5.67. The molecule has 0 heterocycles. The monoisotopic (exact) mass is 380 g/mol. The molecule has 0 rings (SSSR count). The van der Waals surface area contributed by atoms with Gasteiger partial charge in [0.05, 0.1) is 0 Å². The lowest BCUT2D eigenvalue weighted by Crippen LogP contribution is -2.54. The van der Waals surface area contributed by atoms with Gasteiger partial charge in [-0.1, -0.05) is 60.3 Å². The molecule has 3 nitrogen and oxygen atoms in total. The van der Waals surface area contributed by atoms with Gasteiger partial charge in [0.1, 0.15) is 11.2 Å². The van der Waals surface area contributed by atoms with Gasteiger partial charge in [-0.05, 0) is 56.8 Å². The van der Waals surface area contributed by atoms with Crippen molar-refractivity contribution in [2.24, 2.45) is 11.8 Å². The topological polar surface area (TPSA) is 35.5 Å². The summed E-state index contributed by atoms with van der Waals surface area (Å²) >= 11 is 0. The minimum Gasteiger partial charge on any atom is -0.457 e. The van der Waals surface area contributed by atoms with E-state index in [1.165, 1.54) is 6.08 Å². The van der Waals surface area contributed by atoms with Gasteiger partial charge in [0.15, 0.2) is 8.32 Å². The minimum atomic E-state index is -2.00. The molecule has 0 aliphatic rings. The average molecular weight is 381 g/mol. The fourth-order valence-electron chi connectivity index (χ4n) is 2.39. The molecule has 4 heteroatoms. The van der Waals surface area contributed by atoms with E-state index < -0.39 is 19.5 Å². The first kappa shape index (κ1) is 24.9. The zero-order chi connectivity index (χ0) is 21.0. The fourth-order valence-corrected chi connectivity index (χ4v) is 4.06. The summed E-state index contributed by atoms with van der Waals surface area (Å²) in [5.74, 6) is 6.48. The SMILES string of the molecule is CC(C)C(C#C/C=C/C(=O)OC(C)(C)C)(O[Si](C)(C)C(C)(C)C)C(C)C. The van der Waals surface area contributed by atoms with Crippen molar-refractivity contribution in [3.05, 3.63) is 12.2 Å². The van der Waals surface area contributed by atoms with Crippen molar-refractivity contribution in [2.45, 2.75) is 98.6 Å². The number of allylic oxidation sites excluding steroid dienone is 1. The molecule has 0 spiro atoms. The molecule has 0 aromatic rings. The molecule has 0 aliphatic carbocycles. The molecule has 0 N–H and O–H groups in total. The van der Waals surface area contributed by atoms with Gasteiger partial charge in [0.2, 0.25) is 0 Å². The first-order valence-corrected chi connectivity index (χ1v) is 12.5. The van der Waals surface area contributed by atoms with Crippen LogP contribution in [0, 0.1) is 23.7 Å². The first-order valence-electron chi connectivity index (χ1n) is 9.57. The van der Waals surface area contributed by atoms with Crippen molar-refractivity contribution in [1.82, 2.24) is 0 Å². The van der Waals surface area contributed by atoms with Crippen LogP contribution in [0.2, 0.25) is 18.1 Å². The number of hydrogen-bond acceptors (Lipinski definition) is 3. The summed E-state index contributed by atoms with van der Waals surface area (Å²) in [6.45, 7) is 25.4. The Bertz CT molecular complexity index is 553. The average Bonchev–Trinajstić information content (AvgIpc) is 2.38. The molecule has 0 bridgehead atoms. The number of ether oxygens (including phenoxy) is 1. The van der Waals surface area contributed by atoms with Crippen LogP contribution in [-0.4, -0.2) is 25.5 Å². The lowest BCUT2D eigenvalue weighted by molar-refractivity contribution is -0.148. The zero-order valence-corrected chi connectivity index (χ0v) is 20.0. The van der Waals surface area contributed by atoms with Crippen molar-refractivity contribution in [1.29, 1.82) is 0 Å². The molecule has 0 fully saturated rings. The van der Waals surface area contributed by atoms with Gasteiger partial charge in [-0.2, -0.15) is 0 Å². The third-order valence-corrected chi connectivity index (χ3v) is 9.38. The Morgan fingerprint density at radius 3 is 1.77 bits per heavy atom. The maximum atomic E-state index is 11.8. The largest absolute Gasteiger partial charge is 0.457 e. The summed E-state index contributed by atoms with van der Waals surface area (Å²) in [4.78, 5) is 11.8. The number of carbonyl (C=O) groups excluding carboxylic acids is 1. The standard InChI is InChI=1S/C22H40O3Si/c1-17(2)22(18(3)4,25-26(11,12)21(8,9)10)16-14-13-15-19(23)24-20(5,6)7/h13,15,17-18H,1-12H3/b15-13+. The van der Waals surface area contributed by atoms with Crippen molar-refractivity contribution in [2.75, 3.05) is 0 Å². The highest BCUT2D eigenvalue weighted by Crippen LogP contribution is 2.43. The van der Waals surface area contributed by atoms with Gasteiger partial charge in [0, 0.05) is 6.08 Å². The Kier molecular flexibility index (Phi) is 8.40. The van der Waals surface area contributed by atoms with Crippen LogP contribution in [0.5, 0.6) is 0 Å². The van der Waals surface area contributed by atoms with E-state index in [4.69, 9.17) is 9.16 Å². The summed E-state index contributed by atoms with van der Waals surface area (Å²) in [6, 6.07) is 0. The van der Waals surface area contributed by atoms with Crippen LogP contribution in [0.15, 0.2) is 12.2 Å². The molecule has 26 heavy (non-hydrogen) atoms. The van der Waals surface area contributed by atoms with Crippen LogP contribution in [0.3, 0.4) is 0 Å². The van der Waals surface area contributed by atoms with Crippen LogP contribution in [0.25, 0.3) is 0 Å². The minimum absolute atomic E-state index is 0.107. The molecule has 0 aromatic heterocycles. The highest BCUT2D eigenvalue weighted by molar-refractivity contribution is 6.74. The number of rotatable bonds is 5. The smallest absolute Gasteiger partial charge is 0.331 e. The van der Waals surface area contributed by atoms with E-state index in [0.717, 1.165) is 0 Å². The Labute approximate surface area is 163 Å². The predicted molar refractivity (Wildman–Crippen MR) is 113 cm³/mol. The third kappa shape index (κ3) is 7.29. The van der Waals surface area contributed by atoms with Crippen molar-refractivity contribution in [3.8, 4) is 11.8 Å². The third-order valence-electron chi connectivity index (χ3n) is 4.92. The first-order chi connectivity index (χ1) is 11.4. The van der Waals surface area contributed by atoms with Gasteiger partial charge >= 0.3 is 5.97 Å². The Hall–Kier alpha value is -1.05. The fraction of sp³-hybridized carbons (Fsp3) is 0.773. The van der Waals surface area contributed by atoms with Crippen LogP contribution in [0.1, 0.15) is 69.2 Å². The molecule has 0 saturated heterocycles. The van der Waals surface area contributed by atoms with E-state index in [1.807, 2.05) is 20.8 Å². The molecule has 150 valence electrons.